The Morgan fingerprint density at radius 2 is 1.72 bits per heavy atom. The number of amides is 2. The Morgan fingerprint density at radius 3 is 2.56 bits per heavy atom. The van der Waals surface area contributed by atoms with Crippen molar-refractivity contribution < 1.29 is 9.59 Å². The Kier molecular flexibility index (Phi) is 6.87. The average molecular weight is 462 g/mol. The number of carbonyl (C=O) groups is 2. The molecular formula is C25H23N3O2S2. The molecule has 2 N–H and O–H groups in total. The Bertz CT molecular complexity index is 1280. The summed E-state index contributed by atoms with van der Waals surface area (Å²) in [4.78, 5) is 29.3. The van der Waals surface area contributed by atoms with E-state index in [1.54, 1.807) is 0 Å². The van der Waals surface area contributed by atoms with Gasteiger partial charge in [0.15, 0.2) is 4.34 Å². The van der Waals surface area contributed by atoms with Gasteiger partial charge in [0, 0.05) is 22.1 Å². The Labute approximate surface area is 195 Å². The van der Waals surface area contributed by atoms with Gasteiger partial charge in [-0.2, -0.15) is 0 Å². The van der Waals surface area contributed by atoms with Gasteiger partial charge in [-0.05, 0) is 36.9 Å². The molecule has 3 aromatic carbocycles. The first-order valence-corrected chi connectivity index (χ1v) is 12.1. The number of nitrogens with zero attached hydrogens (tertiary/aromatic N) is 1. The van der Waals surface area contributed by atoms with Gasteiger partial charge in [0.05, 0.1) is 17.9 Å². The van der Waals surface area contributed by atoms with Crippen LogP contribution in [0.5, 0.6) is 0 Å². The molecule has 0 aliphatic carbocycles. The van der Waals surface area contributed by atoms with Gasteiger partial charge in [-0.1, -0.05) is 65.9 Å². The maximum absolute atomic E-state index is 12.5. The van der Waals surface area contributed by atoms with Crippen LogP contribution in [-0.4, -0.2) is 22.6 Å². The highest BCUT2D eigenvalue weighted by Gasteiger charge is 2.12. The van der Waals surface area contributed by atoms with Gasteiger partial charge in [-0.25, -0.2) is 4.98 Å². The lowest BCUT2D eigenvalue weighted by Crippen LogP contribution is -2.15. The van der Waals surface area contributed by atoms with Gasteiger partial charge in [0.1, 0.15) is 0 Å². The maximum atomic E-state index is 12.5. The Balaban J connectivity index is 1.30. The second-order valence-corrected chi connectivity index (χ2v) is 9.59. The Hall–Kier alpha value is -3.16. The number of rotatable bonds is 7. The number of aryl methyl sites for hydroxylation is 2. The fraction of sp³-hybridized carbons (Fsp3) is 0.160. The molecule has 0 aliphatic heterocycles. The van der Waals surface area contributed by atoms with Crippen molar-refractivity contribution in [2.24, 2.45) is 0 Å². The third-order valence-electron chi connectivity index (χ3n) is 4.92. The standard InChI is InChI=1S/C25H23N3O2S2/c1-16-10-11-21(17(2)12-16)27-23(29)13-19-14-31-25(26-19)32-15-24(30)28-22-9-5-7-18-6-3-4-8-20(18)22/h3-12,14H,13,15H2,1-2H3,(H,27,29)(H,28,30). The molecule has 5 nitrogen and oxygen atoms in total. The van der Waals surface area contributed by atoms with Crippen LogP contribution in [-0.2, 0) is 16.0 Å². The summed E-state index contributed by atoms with van der Waals surface area (Å²) in [5.41, 5.74) is 4.51. The van der Waals surface area contributed by atoms with Crippen molar-refractivity contribution in [2.75, 3.05) is 16.4 Å². The third-order valence-corrected chi connectivity index (χ3v) is 6.99. The lowest BCUT2D eigenvalue weighted by atomic mass is 10.1. The van der Waals surface area contributed by atoms with Gasteiger partial charge < -0.3 is 10.6 Å². The molecule has 2 amide bonds. The normalized spacial score (nSPS) is 10.8. The SMILES string of the molecule is Cc1ccc(NC(=O)Cc2csc(SCC(=O)Nc3cccc4ccccc34)n2)c(C)c1. The van der Waals surface area contributed by atoms with Gasteiger partial charge in [0.25, 0.3) is 0 Å². The summed E-state index contributed by atoms with van der Waals surface area (Å²) < 4.78 is 0.771. The van der Waals surface area contributed by atoms with Crippen molar-refractivity contribution in [1.29, 1.82) is 0 Å². The van der Waals surface area contributed by atoms with Crippen LogP contribution in [0.1, 0.15) is 16.8 Å². The predicted octanol–water partition coefficient (Wildman–Crippen LogP) is 5.83. The summed E-state index contributed by atoms with van der Waals surface area (Å²) >= 11 is 2.82. The number of benzene rings is 3. The van der Waals surface area contributed by atoms with E-state index in [9.17, 15) is 9.59 Å². The number of anilines is 2. The number of fused-ring (bicyclic) bond motifs is 1. The number of nitrogens with one attached hydrogen (secondary N) is 2. The fourth-order valence-corrected chi connectivity index (χ4v) is 5.04. The summed E-state index contributed by atoms with van der Waals surface area (Å²) in [5.74, 6) is 0.0634. The first-order valence-electron chi connectivity index (χ1n) is 10.2. The lowest BCUT2D eigenvalue weighted by Gasteiger charge is -2.08. The van der Waals surface area contributed by atoms with Crippen LogP contribution < -0.4 is 10.6 Å². The molecule has 0 radical (unpaired) electrons. The summed E-state index contributed by atoms with van der Waals surface area (Å²) in [6, 6.07) is 19.7. The molecule has 162 valence electrons. The fourth-order valence-electron chi connectivity index (χ4n) is 3.40. The van der Waals surface area contributed by atoms with E-state index in [-0.39, 0.29) is 24.0 Å². The van der Waals surface area contributed by atoms with Crippen molar-refractivity contribution in [2.45, 2.75) is 24.6 Å². The Morgan fingerprint density at radius 1 is 0.938 bits per heavy atom. The van der Waals surface area contributed by atoms with E-state index in [1.165, 1.54) is 23.1 Å². The molecule has 0 spiro atoms. The van der Waals surface area contributed by atoms with Crippen LogP contribution in [0.15, 0.2) is 70.4 Å². The van der Waals surface area contributed by atoms with E-state index in [0.29, 0.717) is 5.69 Å². The molecule has 7 heteroatoms. The van der Waals surface area contributed by atoms with E-state index in [4.69, 9.17) is 0 Å². The molecule has 4 rings (SSSR count). The van der Waals surface area contributed by atoms with E-state index < -0.39 is 0 Å². The minimum absolute atomic E-state index is 0.0873. The molecule has 1 heterocycles. The molecule has 4 aromatic rings. The van der Waals surface area contributed by atoms with E-state index in [1.807, 2.05) is 79.9 Å². The topological polar surface area (TPSA) is 71.1 Å². The number of thioether (sulfide) groups is 1. The second-order valence-electron chi connectivity index (χ2n) is 7.51. The molecule has 0 unspecified atom stereocenters. The largest absolute Gasteiger partial charge is 0.326 e. The highest BCUT2D eigenvalue weighted by Crippen LogP contribution is 2.26. The highest BCUT2D eigenvalue weighted by molar-refractivity contribution is 8.01. The van der Waals surface area contributed by atoms with Crippen molar-refractivity contribution in [1.82, 2.24) is 4.98 Å². The zero-order valence-electron chi connectivity index (χ0n) is 17.8. The number of thiazole rings is 1. The van der Waals surface area contributed by atoms with Gasteiger partial charge >= 0.3 is 0 Å². The molecule has 0 saturated heterocycles. The van der Waals surface area contributed by atoms with Crippen molar-refractivity contribution in [3.63, 3.8) is 0 Å². The average Bonchev–Trinajstić information content (AvgIpc) is 3.22. The van der Waals surface area contributed by atoms with Crippen LogP contribution in [0.2, 0.25) is 0 Å². The van der Waals surface area contributed by atoms with Crippen molar-refractivity contribution >= 4 is 57.1 Å². The van der Waals surface area contributed by atoms with Gasteiger partial charge in [0.2, 0.25) is 11.8 Å². The van der Waals surface area contributed by atoms with E-state index in [2.05, 4.69) is 15.6 Å². The molecule has 32 heavy (non-hydrogen) atoms. The summed E-state index contributed by atoms with van der Waals surface area (Å²) in [7, 11) is 0. The van der Waals surface area contributed by atoms with Crippen LogP contribution in [0.3, 0.4) is 0 Å². The molecule has 0 aliphatic rings. The third kappa shape index (κ3) is 5.55. The first kappa shape index (κ1) is 22.0. The number of hydrogen-bond acceptors (Lipinski definition) is 5. The van der Waals surface area contributed by atoms with Crippen molar-refractivity contribution in [3.05, 3.63) is 82.9 Å². The smallest absolute Gasteiger partial charge is 0.234 e. The summed E-state index contributed by atoms with van der Waals surface area (Å²) in [5, 5.41) is 9.89. The second kappa shape index (κ2) is 9.97. The van der Waals surface area contributed by atoms with E-state index >= 15 is 0 Å². The van der Waals surface area contributed by atoms with E-state index in [0.717, 1.165) is 37.6 Å². The first-order chi connectivity index (χ1) is 15.5. The van der Waals surface area contributed by atoms with Crippen LogP contribution in [0.4, 0.5) is 11.4 Å². The molecule has 0 saturated carbocycles. The van der Waals surface area contributed by atoms with Crippen LogP contribution >= 0.6 is 23.1 Å². The van der Waals surface area contributed by atoms with Crippen molar-refractivity contribution in [3.8, 4) is 0 Å². The van der Waals surface area contributed by atoms with Crippen LogP contribution in [0, 0.1) is 13.8 Å². The zero-order chi connectivity index (χ0) is 22.5. The molecule has 0 atom stereocenters. The minimum atomic E-state index is -0.104. The quantitative estimate of drug-likeness (QED) is 0.340. The number of hydrogen-bond donors (Lipinski definition) is 2. The van der Waals surface area contributed by atoms with Gasteiger partial charge in [-0.3, -0.25) is 9.59 Å². The molecule has 0 bridgehead atoms. The minimum Gasteiger partial charge on any atom is -0.326 e. The lowest BCUT2D eigenvalue weighted by molar-refractivity contribution is -0.116. The summed E-state index contributed by atoms with van der Waals surface area (Å²) in [6.07, 6.45) is 0.201. The molecule has 0 fully saturated rings. The summed E-state index contributed by atoms with van der Waals surface area (Å²) in [6.45, 7) is 4.00. The highest BCUT2D eigenvalue weighted by atomic mass is 32.2. The number of carbonyl (C=O) groups excluding carboxylic acids is 2. The van der Waals surface area contributed by atoms with Crippen LogP contribution in [0.25, 0.3) is 10.8 Å². The molecular weight excluding hydrogens is 438 g/mol. The number of aromatic nitrogens is 1. The molecule has 1 aromatic heterocycles. The monoisotopic (exact) mass is 461 g/mol. The maximum Gasteiger partial charge on any atom is 0.234 e. The van der Waals surface area contributed by atoms with Gasteiger partial charge in [-0.15, -0.1) is 11.3 Å². The zero-order valence-corrected chi connectivity index (χ0v) is 19.5. The predicted molar refractivity (Wildman–Crippen MR) is 134 cm³/mol.